The molecule has 0 amide bonds. The van der Waals surface area contributed by atoms with Gasteiger partial charge in [0, 0.05) is 29.8 Å². The largest absolute Gasteiger partial charge is 0.326 e. The molecule has 0 aliphatic rings. The number of sulfonamides is 1. The first-order valence-electron chi connectivity index (χ1n) is 5.27. The zero-order valence-corrected chi connectivity index (χ0v) is 11.9. The van der Waals surface area contributed by atoms with Crippen LogP contribution in [0, 0.1) is 0 Å². The van der Waals surface area contributed by atoms with Crippen molar-refractivity contribution in [3.8, 4) is 0 Å². The lowest BCUT2D eigenvalue weighted by atomic mass is 10.3. The fraction of sp³-hybridized carbons (Fsp3) is 0.300. The Morgan fingerprint density at radius 1 is 1.39 bits per heavy atom. The van der Waals surface area contributed by atoms with Gasteiger partial charge in [0.25, 0.3) is 0 Å². The van der Waals surface area contributed by atoms with E-state index in [1.54, 1.807) is 17.6 Å². The molecule has 0 saturated heterocycles. The predicted octanol–water partition coefficient (Wildman–Crippen LogP) is 1.18. The van der Waals surface area contributed by atoms with Crippen LogP contribution >= 0.6 is 22.7 Å². The molecule has 0 bridgehead atoms. The highest BCUT2D eigenvalue weighted by atomic mass is 32.2. The molecule has 18 heavy (non-hydrogen) atoms. The van der Waals surface area contributed by atoms with Crippen LogP contribution in [0.25, 0.3) is 0 Å². The molecular weight excluding hydrogens is 290 g/mol. The van der Waals surface area contributed by atoms with Crippen LogP contribution in [0.2, 0.25) is 0 Å². The molecule has 2 rings (SSSR count). The standard InChI is InChI=1S/C10H13N3O2S3/c11-5-9-1-2-10(17-9)18(14,15)13-4-3-8-6-16-7-12-8/h1-2,6-7,13H,3-5,11H2. The molecule has 2 heterocycles. The maximum absolute atomic E-state index is 11.9. The molecule has 0 fully saturated rings. The van der Waals surface area contributed by atoms with E-state index in [9.17, 15) is 8.42 Å². The number of aromatic nitrogens is 1. The van der Waals surface area contributed by atoms with E-state index in [1.165, 1.54) is 22.7 Å². The molecule has 8 heteroatoms. The van der Waals surface area contributed by atoms with E-state index in [-0.39, 0.29) is 0 Å². The van der Waals surface area contributed by atoms with Gasteiger partial charge in [0.15, 0.2) is 0 Å². The molecule has 5 nitrogen and oxygen atoms in total. The van der Waals surface area contributed by atoms with Gasteiger partial charge in [0.05, 0.1) is 11.2 Å². The van der Waals surface area contributed by atoms with Crippen molar-refractivity contribution in [3.63, 3.8) is 0 Å². The van der Waals surface area contributed by atoms with Crippen LogP contribution in [0.1, 0.15) is 10.6 Å². The van der Waals surface area contributed by atoms with Crippen LogP contribution in [0.3, 0.4) is 0 Å². The third-order valence-electron chi connectivity index (χ3n) is 2.26. The van der Waals surface area contributed by atoms with Gasteiger partial charge in [-0.05, 0) is 12.1 Å². The fourth-order valence-corrected chi connectivity index (χ4v) is 4.26. The second kappa shape index (κ2) is 5.89. The highest BCUT2D eigenvalue weighted by molar-refractivity contribution is 7.91. The zero-order valence-electron chi connectivity index (χ0n) is 9.50. The number of thiazole rings is 1. The molecule has 2 aromatic rings. The Balaban J connectivity index is 1.95. The zero-order chi connectivity index (χ0) is 13.0. The molecule has 0 spiro atoms. The summed E-state index contributed by atoms with van der Waals surface area (Å²) in [4.78, 5) is 4.95. The van der Waals surface area contributed by atoms with Crippen LogP contribution in [0.5, 0.6) is 0 Å². The molecule has 0 aliphatic heterocycles. The van der Waals surface area contributed by atoms with Crippen molar-refractivity contribution in [1.29, 1.82) is 0 Å². The minimum Gasteiger partial charge on any atom is -0.326 e. The molecule has 0 atom stereocenters. The molecule has 0 unspecified atom stereocenters. The van der Waals surface area contributed by atoms with Crippen molar-refractivity contribution < 1.29 is 8.42 Å². The molecule has 98 valence electrons. The third-order valence-corrected chi connectivity index (χ3v) is 5.96. The van der Waals surface area contributed by atoms with Crippen LogP contribution in [-0.2, 0) is 23.0 Å². The van der Waals surface area contributed by atoms with E-state index < -0.39 is 10.0 Å². The van der Waals surface area contributed by atoms with Gasteiger partial charge in [-0.3, -0.25) is 0 Å². The van der Waals surface area contributed by atoms with Gasteiger partial charge in [-0.1, -0.05) is 0 Å². The summed E-state index contributed by atoms with van der Waals surface area (Å²) in [6.45, 7) is 0.709. The molecule has 0 radical (unpaired) electrons. The Bertz CT molecular complexity index is 590. The summed E-state index contributed by atoms with van der Waals surface area (Å²) in [7, 11) is -3.41. The van der Waals surface area contributed by atoms with Crippen molar-refractivity contribution in [2.75, 3.05) is 6.54 Å². The Morgan fingerprint density at radius 2 is 2.22 bits per heavy atom. The summed E-state index contributed by atoms with van der Waals surface area (Å²) in [6.07, 6.45) is 0.595. The lowest BCUT2D eigenvalue weighted by molar-refractivity contribution is 0.583. The number of hydrogen-bond donors (Lipinski definition) is 2. The normalized spacial score (nSPS) is 11.8. The van der Waals surface area contributed by atoms with E-state index in [1.807, 2.05) is 5.38 Å². The lowest BCUT2D eigenvalue weighted by Gasteiger charge is -2.03. The van der Waals surface area contributed by atoms with E-state index in [0.717, 1.165) is 10.6 Å². The highest BCUT2D eigenvalue weighted by Crippen LogP contribution is 2.20. The Morgan fingerprint density at radius 3 is 2.83 bits per heavy atom. The Hall–Kier alpha value is -0.800. The van der Waals surface area contributed by atoms with Crippen molar-refractivity contribution in [2.24, 2.45) is 5.73 Å². The summed E-state index contributed by atoms with van der Waals surface area (Å²) in [5.41, 5.74) is 8.09. The van der Waals surface area contributed by atoms with E-state index in [0.29, 0.717) is 23.7 Å². The quantitative estimate of drug-likeness (QED) is 0.839. The average Bonchev–Trinajstić information content (AvgIpc) is 2.99. The number of hydrogen-bond acceptors (Lipinski definition) is 6. The van der Waals surface area contributed by atoms with E-state index in [2.05, 4.69) is 9.71 Å². The molecule has 2 aromatic heterocycles. The summed E-state index contributed by atoms with van der Waals surface area (Å²) in [5, 5.41) is 1.91. The van der Waals surface area contributed by atoms with Gasteiger partial charge < -0.3 is 5.73 Å². The second-order valence-corrected chi connectivity index (χ2v) is 7.43. The summed E-state index contributed by atoms with van der Waals surface area (Å²) in [5.74, 6) is 0. The summed E-state index contributed by atoms with van der Waals surface area (Å²) in [6, 6.07) is 3.32. The number of nitrogens with two attached hydrogens (primary N) is 1. The molecule has 0 aromatic carbocycles. The van der Waals surface area contributed by atoms with Crippen molar-refractivity contribution >= 4 is 32.7 Å². The van der Waals surface area contributed by atoms with Crippen LogP contribution < -0.4 is 10.5 Å². The fourth-order valence-electron chi connectivity index (χ4n) is 1.36. The minimum atomic E-state index is -3.41. The van der Waals surface area contributed by atoms with E-state index in [4.69, 9.17) is 5.73 Å². The van der Waals surface area contributed by atoms with Crippen molar-refractivity contribution in [1.82, 2.24) is 9.71 Å². The lowest BCUT2D eigenvalue weighted by Crippen LogP contribution is -2.25. The predicted molar refractivity (Wildman–Crippen MR) is 73.2 cm³/mol. The topological polar surface area (TPSA) is 85.1 Å². The smallest absolute Gasteiger partial charge is 0.250 e. The number of rotatable bonds is 6. The van der Waals surface area contributed by atoms with Crippen molar-refractivity contribution in [3.05, 3.63) is 33.6 Å². The van der Waals surface area contributed by atoms with Gasteiger partial charge in [0.2, 0.25) is 10.0 Å². The SMILES string of the molecule is NCc1ccc(S(=O)(=O)NCCc2cscn2)s1. The first-order valence-corrected chi connectivity index (χ1v) is 8.51. The van der Waals surface area contributed by atoms with Crippen LogP contribution in [0.4, 0.5) is 0 Å². The summed E-state index contributed by atoms with van der Waals surface area (Å²) >= 11 is 2.70. The Kier molecular flexibility index (Phi) is 4.46. The van der Waals surface area contributed by atoms with Gasteiger partial charge in [-0.2, -0.15) is 0 Å². The van der Waals surface area contributed by atoms with Gasteiger partial charge in [-0.25, -0.2) is 18.1 Å². The average molecular weight is 303 g/mol. The molecule has 0 aliphatic carbocycles. The highest BCUT2D eigenvalue weighted by Gasteiger charge is 2.15. The van der Waals surface area contributed by atoms with Gasteiger partial charge in [0.1, 0.15) is 4.21 Å². The molecule has 0 saturated carbocycles. The second-order valence-electron chi connectivity index (χ2n) is 3.55. The Labute approximate surface area is 114 Å². The van der Waals surface area contributed by atoms with E-state index >= 15 is 0 Å². The van der Waals surface area contributed by atoms with Crippen LogP contribution in [0.15, 0.2) is 27.2 Å². The number of nitrogens with one attached hydrogen (secondary N) is 1. The monoisotopic (exact) mass is 303 g/mol. The maximum Gasteiger partial charge on any atom is 0.250 e. The van der Waals surface area contributed by atoms with Gasteiger partial charge in [-0.15, -0.1) is 22.7 Å². The first-order chi connectivity index (χ1) is 8.62. The molecule has 3 N–H and O–H groups in total. The van der Waals surface area contributed by atoms with Gasteiger partial charge >= 0.3 is 0 Å². The molecular formula is C10H13N3O2S3. The number of thiophene rings is 1. The minimum absolute atomic E-state index is 0.307. The van der Waals surface area contributed by atoms with Crippen LogP contribution in [-0.4, -0.2) is 19.9 Å². The number of nitrogens with zero attached hydrogens (tertiary/aromatic N) is 1. The van der Waals surface area contributed by atoms with Crippen molar-refractivity contribution in [2.45, 2.75) is 17.2 Å². The maximum atomic E-state index is 11.9. The third kappa shape index (κ3) is 3.36. The first kappa shape index (κ1) is 13.6. The summed E-state index contributed by atoms with van der Waals surface area (Å²) < 4.78 is 26.7.